The summed E-state index contributed by atoms with van der Waals surface area (Å²) in [6.45, 7) is 7.68. The van der Waals surface area contributed by atoms with Gasteiger partial charge in [0.05, 0.1) is 26.7 Å². The second kappa shape index (κ2) is 3.55. The molecule has 0 aromatic rings. The van der Waals surface area contributed by atoms with Crippen LogP contribution in [0, 0.1) is 0 Å². The topological polar surface area (TPSA) is 9.23 Å². The molecule has 2 unspecified atom stereocenters. The highest BCUT2D eigenvalue weighted by Crippen LogP contribution is 2.24. The van der Waals surface area contributed by atoms with Crippen molar-refractivity contribution in [3.8, 4) is 0 Å². The van der Waals surface area contributed by atoms with Crippen LogP contribution in [-0.2, 0) is 4.74 Å². The van der Waals surface area contributed by atoms with Crippen LogP contribution in [0.4, 0.5) is 0 Å². The molecule has 0 bridgehead atoms. The third kappa shape index (κ3) is 1.74. The molecule has 0 aromatic heterocycles. The van der Waals surface area contributed by atoms with E-state index in [1.165, 1.54) is 25.9 Å². The normalized spacial score (nSPS) is 37.9. The summed E-state index contributed by atoms with van der Waals surface area (Å²) in [6, 6.07) is 0. The number of quaternary nitrogens is 1. The second-order valence-electron chi connectivity index (χ2n) is 3.57. The van der Waals surface area contributed by atoms with Gasteiger partial charge in [0, 0.05) is 12.8 Å². The zero-order valence-electron chi connectivity index (χ0n) is 7.97. The Morgan fingerprint density at radius 3 is 2.73 bits per heavy atom. The first-order chi connectivity index (χ1) is 5.23. The van der Waals surface area contributed by atoms with Crippen LogP contribution in [0.3, 0.4) is 0 Å². The third-order valence-corrected chi connectivity index (χ3v) is 2.90. The Morgan fingerprint density at radius 1 is 1.45 bits per heavy atom. The van der Waals surface area contributed by atoms with Crippen molar-refractivity contribution in [1.29, 1.82) is 0 Å². The lowest BCUT2D eigenvalue weighted by molar-refractivity contribution is -0.940. The van der Waals surface area contributed by atoms with Gasteiger partial charge in [0.15, 0.2) is 6.23 Å². The Morgan fingerprint density at radius 2 is 2.18 bits per heavy atom. The molecule has 0 amide bonds. The van der Waals surface area contributed by atoms with E-state index in [-0.39, 0.29) is 0 Å². The molecule has 2 heteroatoms. The van der Waals surface area contributed by atoms with Crippen molar-refractivity contribution in [2.45, 2.75) is 32.9 Å². The lowest BCUT2D eigenvalue weighted by Crippen LogP contribution is -2.48. The number of hydrogen-bond acceptors (Lipinski definition) is 1. The van der Waals surface area contributed by atoms with Gasteiger partial charge in [-0.3, -0.25) is 0 Å². The molecular formula is C9H20NO+. The predicted molar refractivity (Wildman–Crippen MR) is 46.2 cm³/mol. The van der Waals surface area contributed by atoms with Gasteiger partial charge in [0.1, 0.15) is 0 Å². The summed E-state index contributed by atoms with van der Waals surface area (Å²) < 4.78 is 6.80. The first-order valence-electron chi connectivity index (χ1n) is 4.68. The molecule has 2 nitrogen and oxygen atoms in total. The predicted octanol–water partition coefficient (Wildman–Crippen LogP) is 1.61. The van der Waals surface area contributed by atoms with Gasteiger partial charge < -0.3 is 9.22 Å². The molecule has 0 aromatic carbocycles. The zero-order valence-corrected chi connectivity index (χ0v) is 7.97. The van der Waals surface area contributed by atoms with Gasteiger partial charge in [-0.15, -0.1) is 0 Å². The maximum Gasteiger partial charge on any atom is 0.193 e. The first kappa shape index (κ1) is 9.01. The monoisotopic (exact) mass is 158 g/mol. The van der Waals surface area contributed by atoms with Gasteiger partial charge in [-0.1, -0.05) is 0 Å². The van der Waals surface area contributed by atoms with Crippen molar-refractivity contribution < 1.29 is 9.22 Å². The van der Waals surface area contributed by atoms with Gasteiger partial charge in [0.2, 0.25) is 0 Å². The minimum atomic E-state index is 0.477. The number of rotatable bonds is 3. The number of nitrogens with zero attached hydrogens (tertiary/aromatic N) is 1. The zero-order chi connectivity index (χ0) is 8.32. The average molecular weight is 158 g/mol. The first-order valence-corrected chi connectivity index (χ1v) is 4.68. The maximum absolute atomic E-state index is 5.68. The quantitative estimate of drug-likeness (QED) is 0.567. The van der Waals surface area contributed by atoms with Crippen LogP contribution >= 0.6 is 0 Å². The Bertz CT molecular complexity index is 127. The minimum Gasteiger partial charge on any atom is -0.329 e. The van der Waals surface area contributed by atoms with E-state index < -0.39 is 0 Å². The summed E-state index contributed by atoms with van der Waals surface area (Å²) in [4.78, 5) is 0. The second-order valence-corrected chi connectivity index (χ2v) is 3.57. The largest absolute Gasteiger partial charge is 0.329 e. The highest BCUT2D eigenvalue weighted by atomic mass is 16.5. The van der Waals surface area contributed by atoms with E-state index in [0.717, 1.165) is 11.1 Å². The van der Waals surface area contributed by atoms with Crippen molar-refractivity contribution in [2.75, 3.05) is 26.7 Å². The minimum absolute atomic E-state index is 0.477. The van der Waals surface area contributed by atoms with Crippen LogP contribution in [0.15, 0.2) is 0 Å². The van der Waals surface area contributed by atoms with E-state index >= 15 is 0 Å². The van der Waals surface area contributed by atoms with Crippen LogP contribution < -0.4 is 0 Å². The summed E-state index contributed by atoms with van der Waals surface area (Å²) in [6.07, 6.45) is 3.05. The summed E-state index contributed by atoms with van der Waals surface area (Å²) in [5, 5.41) is 0. The fourth-order valence-corrected chi connectivity index (χ4v) is 1.90. The molecule has 2 atom stereocenters. The fourth-order valence-electron chi connectivity index (χ4n) is 1.90. The molecule has 0 saturated carbocycles. The highest BCUT2D eigenvalue weighted by molar-refractivity contribution is 4.57. The number of hydrogen-bond donors (Lipinski definition) is 0. The average Bonchev–Trinajstić information content (AvgIpc) is 2.35. The Labute approximate surface area is 69.7 Å². The molecule has 1 fully saturated rings. The molecule has 0 aliphatic carbocycles. The van der Waals surface area contributed by atoms with E-state index in [1.807, 2.05) is 0 Å². The highest BCUT2D eigenvalue weighted by Gasteiger charge is 2.36. The van der Waals surface area contributed by atoms with Crippen molar-refractivity contribution >= 4 is 0 Å². The standard InChI is InChI=1S/C9H20NO/c1-4-10(3)8-6-7-9(10)11-5-2/h9H,4-8H2,1-3H3/q+1. The molecule has 1 rings (SSSR count). The lowest BCUT2D eigenvalue weighted by Gasteiger charge is -2.34. The number of ether oxygens (including phenoxy) is 1. The summed E-state index contributed by atoms with van der Waals surface area (Å²) >= 11 is 0. The summed E-state index contributed by atoms with van der Waals surface area (Å²) in [5.41, 5.74) is 0. The molecule has 1 aliphatic heterocycles. The molecule has 1 saturated heterocycles. The van der Waals surface area contributed by atoms with Gasteiger partial charge in [-0.2, -0.15) is 0 Å². The fraction of sp³-hybridized carbons (Fsp3) is 1.00. The lowest BCUT2D eigenvalue weighted by atomic mass is 10.3. The molecule has 0 spiro atoms. The summed E-state index contributed by atoms with van der Waals surface area (Å²) in [7, 11) is 2.30. The van der Waals surface area contributed by atoms with E-state index in [2.05, 4.69) is 20.9 Å². The van der Waals surface area contributed by atoms with Crippen molar-refractivity contribution in [3.05, 3.63) is 0 Å². The van der Waals surface area contributed by atoms with Crippen molar-refractivity contribution in [3.63, 3.8) is 0 Å². The van der Waals surface area contributed by atoms with Crippen LogP contribution in [0.5, 0.6) is 0 Å². The SMILES string of the molecule is CCOC1CCC[N+]1(C)CC. The Hall–Kier alpha value is -0.0800. The Balaban J connectivity index is 2.49. The van der Waals surface area contributed by atoms with Crippen LogP contribution in [0.2, 0.25) is 0 Å². The molecule has 0 radical (unpaired) electrons. The number of likely N-dealkylation sites (tertiary alicyclic amines) is 1. The van der Waals surface area contributed by atoms with E-state index in [1.54, 1.807) is 0 Å². The van der Waals surface area contributed by atoms with Crippen LogP contribution in [0.25, 0.3) is 0 Å². The molecular weight excluding hydrogens is 138 g/mol. The van der Waals surface area contributed by atoms with Crippen LogP contribution in [-0.4, -0.2) is 37.5 Å². The molecule has 1 aliphatic rings. The molecule has 0 N–H and O–H groups in total. The maximum atomic E-state index is 5.68. The van der Waals surface area contributed by atoms with E-state index in [4.69, 9.17) is 4.74 Å². The van der Waals surface area contributed by atoms with Gasteiger partial charge in [0.25, 0.3) is 0 Å². The van der Waals surface area contributed by atoms with Gasteiger partial charge in [-0.05, 0) is 13.8 Å². The van der Waals surface area contributed by atoms with Crippen molar-refractivity contribution in [1.82, 2.24) is 0 Å². The Kier molecular flexibility index (Phi) is 2.90. The van der Waals surface area contributed by atoms with Gasteiger partial charge >= 0.3 is 0 Å². The molecule has 11 heavy (non-hydrogen) atoms. The van der Waals surface area contributed by atoms with Gasteiger partial charge in [-0.25, -0.2) is 0 Å². The third-order valence-electron chi connectivity index (χ3n) is 2.90. The molecule has 1 heterocycles. The van der Waals surface area contributed by atoms with Crippen molar-refractivity contribution in [2.24, 2.45) is 0 Å². The molecule has 66 valence electrons. The van der Waals surface area contributed by atoms with E-state index in [0.29, 0.717) is 6.23 Å². The van der Waals surface area contributed by atoms with Crippen LogP contribution in [0.1, 0.15) is 26.7 Å². The van der Waals surface area contributed by atoms with E-state index in [9.17, 15) is 0 Å². The summed E-state index contributed by atoms with van der Waals surface area (Å²) in [5.74, 6) is 0. The smallest absolute Gasteiger partial charge is 0.193 e.